The van der Waals surface area contributed by atoms with Crippen LogP contribution in [0.4, 0.5) is 5.82 Å². The lowest BCUT2D eigenvalue weighted by molar-refractivity contribution is -0.144. The van der Waals surface area contributed by atoms with Crippen molar-refractivity contribution in [2.24, 2.45) is 0 Å². The topological polar surface area (TPSA) is 117 Å². The van der Waals surface area contributed by atoms with Crippen LogP contribution in [0.1, 0.15) is 31.9 Å². The zero-order chi connectivity index (χ0) is 15.6. The Balaban J connectivity index is 2.36. The zero-order valence-corrected chi connectivity index (χ0v) is 11.6. The van der Waals surface area contributed by atoms with Crippen LogP contribution in [-0.2, 0) is 9.59 Å². The third kappa shape index (κ3) is 3.28. The van der Waals surface area contributed by atoms with Gasteiger partial charge in [-0.3, -0.25) is 4.79 Å². The van der Waals surface area contributed by atoms with Gasteiger partial charge in [0.15, 0.2) is 5.82 Å². The Morgan fingerprint density at radius 3 is 2.67 bits per heavy atom. The van der Waals surface area contributed by atoms with Gasteiger partial charge in [0.1, 0.15) is 11.6 Å². The molecular weight excluding hydrogens is 276 g/mol. The molecule has 0 saturated heterocycles. The maximum Gasteiger partial charge on any atom is 0.326 e. The molecule has 0 aliphatic carbocycles. The Bertz CT molecular complexity index is 680. The Morgan fingerprint density at radius 1 is 1.38 bits per heavy atom. The second-order valence-electron chi connectivity index (χ2n) is 4.96. The standard InChI is InChI=1S/C13H16N4O4/c1-7(2)8-5-10-12(14-3-4-17(10)16-8)15-9(13(20)21)6-11(18)19/h3-5,7,9H,6H2,1-2H3,(H,14,15)(H,18,19)(H,20,21). The van der Waals surface area contributed by atoms with E-state index in [1.54, 1.807) is 16.8 Å². The average Bonchev–Trinajstić information content (AvgIpc) is 2.82. The lowest BCUT2D eigenvalue weighted by Crippen LogP contribution is -2.32. The predicted molar refractivity (Wildman–Crippen MR) is 74.4 cm³/mol. The van der Waals surface area contributed by atoms with E-state index in [0.717, 1.165) is 5.69 Å². The summed E-state index contributed by atoms with van der Waals surface area (Å²) in [4.78, 5) is 25.9. The summed E-state index contributed by atoms with van der Waals surface area (Å²) in [5, 5.41) is 24.8. The number of aromatic nitrogens is 3. The maximum absolute atomic E-state index is 11.1. The minimum absolute atomic E-state index is 0.215. The quantitative estimate of drug-likeness (QED) is 0.732. The summed E-state index contributed by atoms with van der Waals surface area (Å²) >= 11 is 0. The highest BCUT2D eigenvalue weighted by Crippen LogP contribution is 2.20. The van der Waals surface area contributed by atoms with Gasteiger partial charge in [-0.15, -0.1) is 0 Å². The van der Waals surface area contributed by atoms with E-state index in [2.05, 4.69) is 15.4 Å². The minimum atomic E-state index is -1.25. The highest BCUT2D eigenvalue weighted by molar-refractivity contribution is 5.84. The smallest absolute Gasteiger partial charge is 0.326 e. The molecule has 0 amide bonds. The number of hydrogen-bond acceptors (Lipinski definition) is 5. The van der Waals surface area contributed by atoms with Crippen molar-refractivity contribution in [3.8, 4) is 0 Å². The molecule has 0 saturated carbocycles. The van der Waals surface area contributed by atoms with Crippen molar-refractivity contribution in [2.75, 3.05) is 5.32 Å². The van der Waals surface area contributed by atoms with Crippen molar-refractivity contribution in [3.63, 3.8) is 0 Å². The molecule has 0 aliphatic rings. The van der Waals surface area contributed by atoms with E-state index in [-0.39, 0.29) is 5.92 Å². The van der Waals surface area contributed by atoms with Gasteiger partial charge in [-0.25, -0.2) is 14.3 Å². The molecule has 2 rings (SSSR count). The van der Waals surface area contributed by atoms with Gasteiger partial charge in [-0.1, -0.05) is 13.8 Å². The van der Waals surface area contributed by atoms with E-state index in [0.29, 0.717) is 11.3 Å². The van der Waals surface area contributed by atoms with Crippen LogP contribution in [0.5, 0.6) is 0 Å². The number of anilines is 1. The number of aliphatic carboxylic acids is 2. The molecule has 0 aromatic carbocycles. The summed E-state index contributed by atoms with van der Waals surface area (Å²) in [7, 11) is 0. The molecule has 112 valence electrons. The highest BCUT2D eigenvalue weighted by atomic mass is 16.4. The van der Waals surface area contributed by atoms with E-state index in [4.69, 9.17) is 10.2 Å². The summed E-state index contributed by atoms with van der Waals surface area (Å²) in [6.45, 7) is 3.99. The minimum Gasteiger partial charge on any atom is -0.481 e. The van der Waals surface area contributed by atoms with Gasteiger partial charge in [-0.2, -0.15) is 5.10 Å². The molecule has 0 radical (unpaired) electrons. The average molecular weight is 292 g/mol. The molecule has 3 N–H and O–H groups in total. The van der Waals surface area contributed by atoms with E-state index in [9.17, 15) is 9.59 Å². The molecule has 21 heavy (non-hydrogen) atoms. The Morgan fingerprint density at radius 2 is 2.10 bits per heavy atom. The maximum atomic E-state index is 11.1. The number of rotatable bonds is 6. The van der Waals surface area contributed by atoms with E-state index in [1.165, 1.54) is 6.20 Å². The van der Waals surface area contributed by atoms with Gasteiger partial charge in [-0.05, 0) is 12.0 Å². The number of nitrogens with zero attached hydrogens (tertiary/aromatic N) is 3. The van der Waals surface area contributed by atoms with E-state index in [1.807, 2.05) is 13.8 Å². The van der Waals surface area contributed by atoms with Gasteiger partial charge in [0.2, 0.25) is 0 Å². The van der Waals surface area contributed by atoms with Crippen molar-refractivity contribution in [3.05, 3.63) is 24.2 Å². The summed E-state index contributed by atoms with van der Waals surface area (Å²) in [5.41, 5.74) is 1.45. The molecule has 0 aliphatic heterocycles. The largest absolute Gasteiger partial charge is 0.481 e. The van der Waals surface area contributed by atoms with Crippen molar-refractivity contribution in [1.82, 2.24) is 14.6 Å². The van der Waals surface area contributed by atoms with Crippen LogP contribution in [-0.4, -0.2) is 42.8 Å². The van der Waals surface area contributed by atoms with Crippen molar-refractivity contribution >= 4 is 23.3 Å². The van der Waals surface area contributed by atoms with Crippen LogP contribution in [0.15, 0.2) is 18.5 Å². The first kappa shape index (κ1) is 14.8. The zero-order valence-electron chi connectivity index (χ0n) is 11.6. The second-order valence-corrected chi connectivity index (χ2v) is 4.96. The molecule has 2 aromatic rings. The molecule has 0 bridgehead atoms. The molecule has 1 unspecified atom stereocenters. The van der Waals surface area contributed by atoms with Gasteiger partial charge in [0.05, 0.1) is 12.1 Å². The fraction of sp³-hybridized carbons (Fsp3) is 0.385. The van der Waals surface area contributed by atoms with Gasteiger partial charge in [0.25, 0.3) is 0 Å². The molecular formula is C13H16N4O4. The van der Waals surface area contributed by atoms with Crippen LogP contribution in [0, 0.1) is 0 Å². The fourth-order valence-corrected chi connectivity index (χ4v) is 1.87. The molecule has 8 nitrogen and oxygen atoms in total. The summed E-state index contributed by atoms with van der Waals surface area (Å²) in [6, 6.07) is 0.554. The van der Waals surface area contributed by atoms with Crippen molar-refractivity contribution < 1.29 is 19.8 Å². The van der Waals surface area contributed by atoms with Gasteiger partial charge >= 0.3 is 11.9 Å². The van der Waals surface area contributed by atoms with Crippen molar-refractivity contribution in [1.29, 1.82) is 0 Å². The first-order valence-corrected chi connectivity index (χ1v) is 6.44. The number of carboxylic acids is 2. The Kier molecular flexibility index (Phi) is 4.06. The monoisotopic (exact) mass is 292 g/mol. The van der Waals surface area contributed by atoms with E-state index < -0.39 is 24.4 Å². The number of nitrogens with one attached hydrogen (secondary N) is 1. The fourth-order valence-electron chi connectivity index (χ4n) is 1.87. The molecule has 2 heterocycles. The first-order chi connectivity index (χ1) is 9.88. The summed E-state index contributed by atoms with van der Waals surface area (Å²) in [6.07, 6.45) is 2.59. The highest BCUT2D eigenvalue weighted by Gasteiger charge is 2.22. The Hall–Kier alpha value is -2.64. The lowest BCUT2D eigenvalue weighted by atomic mass is 10.1. The van der Waals surface area contributed by atoms with E-state index >= 15 is 0 Å². The van der Waals surface area contributed by atoms with Crippen LogP contribution in [0.2, 0.25) is 0 Å². The van der Waals surface area contributed by atoms with Gasteiger partial charge < -0.3 is 15.5 Å². The normalized spacial score (nSPS) is 12.5. The predicted octanol–water partition coefficient (Wildman–Crippen LogP) is 1.19. The molecule has 8 heteroatoms. The third-order valence-electron chi connectivity index (χ3n) is 2.99. The number of fused-ring (bicyclic) bond motifs is 1. The second kappa shape index (κ2) is 5.78. The lowest BCUT2D eigenvalue weighted by Gasteiger charge is -2.13. The number of hydrogen-bond donors (Lipinski definition) is 3. The first-order valence-electron chi connectivity index (χ1n) is 6.44. The van der Waals surface area contributed by atoms with Crippen LogP contribution in [0.3, 0.4) is 0 Å². The molecule has 1 atom stereocenters. The van der Waals surface area contributed by atoms with Crippen molar-refractivity contribution in [2.45, 2.75) is 32.2 Å². The van der Waals surface area contributed by atoms with Gasteiger partial charge in [0, 0.05) is 12.4 Å². The van der Waals surface area contributed by atoms with Crippen LogP contribution in [0.25, 0.3) is 5.52 Å². The molecule has 0 spiro atoms. The Labute approximate surface area is 120 Å². The summed E-state index contributed by atoms with van der Waals surface area (Å²) in [5.74, 6) is -1.93. The molecule has 2 aromatic heterocycles. The van der Waals surface area contributed by atoms with Crippen LogP contribution < -0.4 is 5.32 Å². The third-order valence-corrected chi connectivity index (χ3v) is 2.99. The SMILES string of the molecule is CC(C)c1cc2c(NC(CC(=O)O)C(=O)O)nccn2n1. The number of carbonyl (C=O) groups is 2. The summed E-state index contributed by atoms with van der Waals surface area (Å²) < 4.78 is 1.59. The number of carboxylic acid groups (broad SMARTS) is 2. The van der Waals surface area contributed by atoms with Crippen LogP contribution >= 0.6 is 0 Å². The molecule has 0 fully saturated rings.